The summed E-state index contributed by atoms with van der Waals surface area (Å²) in [5.41, 5.74) is -1.57. The van der Waals surface area contributed by atoms with Gasteiger partial charge in [0.1, 0.15) is 17.9 Å². The lowest BCUT2D eigenvalue weighted by molar-refractivity contribution is -0.141. The Kier molecular flexibility index (Phi) is 4.21. The Morgan fingerprint density at radius 2 is 2.14 bits per heavy atom. The number of rotatable bonds is 2. The van der Waals surface area contributed by atoms with E-state index >= 15 is 0 Å². The summed E-state index contributed by atoms with van der Waals surface area (Å²) in [6.07, 6.45) is -7.04. The van der Waals surface area contributed by atoms with Crippen LogP contribution in [0, 0.1) is 0 Å². The topological polar surface area (TPSA) is 98.7 Å². The number of carbonyl (C=O) groups is 1. The van der Waals surface area contributed by atoms with Crippen molar-refractivity contribution in [3.63, 3.8) is 0 Å². The van der Waals surface area contributed by atoms with Crippen LogP contribution in [0.3, 0.4) is 0 Å². The van der Waals surface area contributed by atoms with E-state index < -0.39 is 41.7 Å². The first kappa shape index (κ1) is 15.7. The maximum absolute atomic E-state index is 12.4. The second-order valence-electron chi connectivity index (χ2n) is 4.74. The highest BCUT2D eigenvalue weighted by Gasteiger charge is 2.38. The van der Waals surface area contributed by atoms with Gasteiger partial charge in [0.25, 0.3) is 5.91 Å². The number of hydrogen-bond donors (Lipinski definition) is 3. The van der Waals surface area contributed by atoms with Gasteiger partial charge in [0, 0.05) is 13.1 Å². The molecule has 0 spiro atoms. The lowest BCUT2D eigenvalue weighted by atomic mass is 10.0. The van der Waals surface area contributed by atoms with Crippen LogP contribution in [0.2, 0.25) is 0 Å². The predicted molar refractivity (Wildman–Crippen MR) is 62.3 cm³/mol. The van der Waals surface area contributed by atoms with Gasteiger partial charge in [-0.05, 0) is 0 Å². The molecule has 10 heteroatoms. The van der Waals surface area contributed by atoms with Crippen molar-refractivity contribution in [1.29, 1.82) is 0 Å². The van der Waals surface area contributed by atoms with Crippen LogP contribution >= 0.6 is 0 Å². The summed E-state index contributed by atoms with van der Waals surface area (Å²) < 4.78 is 42.4. The summed E-state index contributed by atoms with van der Waals surface area (Å²) >= 11 is 0. The predicted octanol–water partition coefficient (Wildman–Crippen LogP) is -0.379. The van der Waals surface area contributed by atoms with Crippen molar-refractivity contribution in [2.24, 2.45) is 0 Å². The highest BCUT2D eigenvalue weighted by molar-refractivity contribution is 5.92. The summed E-state index contributed by atoms with van der Waals surface area (Å²) in [4.78, 5) is 13.1. The number of carbonyl (C=O) groups excluding carboxylic acids is 1. The third-order valence-electron chi connectivity index (χ3n) is 3.29. The van der Waals surface area contributed by atoms with E-state index in [9.17, 15) is 28.2 Å². The molecule has 118 valence electrons. The first-order valence-corrected chi connectivity index (χ1v) is 6.05. The fourth-order valence-corrected chi connectivity index (χ4v) is 2.01. The van der Waals surface area contributed by atoms with Crippen molar-refractivity contribution in [2.75, 3.05) is 20.3 Å². The second-order valence-corrected chi connectivity index (χ2v) is 4.74. The number of amides is 1. The maximum Gasteiger partial charge on any atom is 0.432 e. The fraction of sp³-hybridized carbons (Fsp3) is 0.636. The van der Waals surface area contributed by atoms with E-state index in [1.165, 1.54) is 7.05 Å². The molecule has 1 aromatic heterocycles. The van der Waals surface area contributed by atoms with Gasteiger partial charge in [-0.25, -0.2) is 0 Å². The SMILES string of the molecule is CN(C(=O)c1cc(C(F)(F)F)[nH]n1)[C@@H]1COC[C@@H](O)[C@H]1O. The Morgan fingerprint density at radius 1 is 1.48 bits per heavy atom. The smallest absolute Gasteiger partial charge is 0.388 e. The molecule has 0 unspecified atom stereocenters. The molecule has 1 aliphatic rings. The van der Waals surface area contributed by atoms with Gasteiger partial charge in [0.15, 0.2) is 5.69 Å². The van der Waals surface area contributed by atoms with Crippen molar-refractivity contribution < 1.29 is 32.9 Å². The lowest BCUT2D eigenvalue weighted by Crippen LogP contribution is -2.56. The van der Waals surface area contributed by atoms with Crippen LogP contribution < -0.4 is 0 Å². The van der Waals surface area contributed by atoms with Crippen molar-refractivity contribution >= 4 is 5.91 Å². The summed E-state index contributed by atoms with van der Waals surface area (Å²) in [5.74, 6) is -0.816. The van der Waals surface area contributed by atoms with E-state index in [4.69, 9.17) is 4.74 Å². The molecule has 0 saturated carbocycles. The molecule has 1 amide bonds. The highest BCUT2D eigenvalue weighted by Crippen LogP contribution is 2.28. The normalized spacial score (nSPS) is 26.7. The Labute approximate surface area is 117 Å². The number of alkyl halides is 3. The molecule has 1 aromatic rings. The Hall–Kier alpha value is -1.65. The molecule has 2 rings (SSSR count). The molecule has 0 aromatic carbocycles. The number of hydrogen-bond acceptors (Lipinski definition) is 5. The standard InChI is InChI=1S/C11H14F3N3O4/c1-17(6-3-21-4-7(18)9(6)19)10(20)5-2-8(16-15-5)11(12,13)14/h2,6-7,9,18-19H,3-4H2,1H3,(H,15,16)/t6-,7-,9+/m1/s1. The molecular formula is C11H14F3N3O4. The molecular weight excluding hydrogens is 295 g/mol. The van der Waals surface area contributed by atoms with Gasteiger partial charge in [-0.2, -0.15) is 18.3 Å². The Bertz CT molecular complexity index is 519. The van der Waals surface area contributed by atoms with E-state index in [2.05, 4.69) is 5.10 Å². The Balaban J connectivity index is 2.14. The molecule has 2 heterocycles. The van der Waals surface area contributed by atoms with Gasteiger partial charge in [-0.1, -0.05) is 0 Å². The fourth-order valence-electron chi connectivity index (χ4n) is 2.01. The van der Waals surface area contributed by atoms with Crippen molar-refractivity contribution in [1.82, 2.24) is 15.1 Å². The van der Waals surface area contributed by atoms with Gasteiger partial charge in [-0.3, -0.25) is 9.89 Å². The first-order valence-electron chi connectivity index (χ1n) is 6.05. The van der Waals surface area contributed by atoms with Crippen molar-refractivity contribution in [2.45, 2.75) is 24.4 Å². The summed E-state index contributed by atoms with van der Waals surface area (Å²) in [6, 6.07) is -0.280. The third-order valence-corrected chi connectivity index (χ3v) is 3.29. The number of nitrogens with zero attached hydrogens (tertiary/aromatic N) is 2. The Morgan fingerprint density at radius 3 is 2.71 bits per heavy atom. The summed E-state index contributed by atoms with van der Waals surface area (Å²) in [5, 5.41) is 24.3. The van der Waals surface area contributed by atoms with Crippen LogP contribution in [-0.2, 0) is 10.9 Å². The van der Waals surface area contributed by atoms with Gasteiger partial charge in [0.05, 0.1) is 19.3 Å². The molecule has 3 N–H and O–H groups in total. The molecule has 7 nitrogen and oxygen atoms in total. The quantitative estimate of drug-likeness (QED) is 0.692. The van der Waals surface area contributed by atoms with Gasteiger partial charge in [0.2, 0.25) is 0 Å². The minimum Gasteiger partial charge on any atom is -0.388 e. The molecule has 1 saturated heterocycles. The molecule has 3 atom stereocenters. The number of halogens is 3. The molecule has 0 aliphatic carbocycles. The number of aliphatic hydroxyl groups excluding tert-OH is 2. The number of aromatic nitrogens is 2. The number of nitrogens with one attached hydrogen (secondary N) is 1. The van der Waals surface area contributed by atoms with Crippen LogP contribution in [0.5, 0.6) is 0 Å². The van der Waals surface area contributed by atoms with E-state index in [1.54, 1.807) is 5.10 Å². The number of H-pyrrole nitrogens is 1. The first-order chi connectivity index (χ1) is 9.71. The summed E-state index contributed by atoms with van der Waals surface area (Å²) in [7, 11) is 1.29. The number of likely N-dealkylation sites (N-methyl/N-ethyl adjacent to an activating group) is 1. The highest BCUT2D eigenvalue weighted by atomic mass is 19.4. The number of aliphatic hydroxyl groups is 2. The van der Waals surface area contributed by atoms with Crippen LogP contribution in [-0.4, -0.2) is 69.7 Å². The maximum atomic E-state index is 12.4. The van der Waals surface area contributed by atoms with Crippen molar-refractivity contribution in [3.8, 4) is 0 Å². The average Bonchev–Trinajstić information content (AvgIpc) is 2.90. The van der Waals surface area contributed by atoms with Crippen LogP contribution in [0.15, 0.2) is 6.07 Å². The van der Waals surface area contributed by atoms with E-state index in [0.717, 1.165) is 4.90 Å². The van der Waals surface area contributed by atoms with Crippen LogP contribution in [0.25, 0.3) is 0 Å². The minimum atomic E-state index is -4.63. The van der Waals surface area contributed by atoms with E-state index in [0.29, 0.717) is 6.07 Å². The zero-order valence-corrected chi connectivity index (χ0v) is 11.0. The zero-order valence-electron chi connectivity index (χ0n) is 11.0. The van der Waals surface area contributed by atoms with Crippen molar-refractivity contribution in [3.05, 3.63) is 17.5 Å². The molecule has 0 bridgehead atoms. The van der Waals surface area contributed by atoms with Gasteiger partial charge >= 0.3 is 6.18 Å². The second kappa shape index (κ2) is 5.62. The minimum absolute atomic E-state index is 0.0307. The largest absolute Gasteiger partial charge is 0.432 e. The van der Waals surface area contributed by atoms with Crippen LogP contribution in [0.1, 0.15) is 16.2 Å². The molecule has 0 radical (unpaired) electrons. The molecule has 1 aliphatic heterocycles. The molecule has 1 fully saturated rings. The number of aromatic amines is 1. The third kappa shape index (κ3) is 3.17. The van der Waals surface area contributed by atoms with Gasteiger partial charge in [-0.15, -0.1) is 0 Å². The molecule has 21 heavy (non-hydrogen) atoms. The van der Waals surface area contributed by atoms with Crippen LogP contribution in [0.4, 0.5) is 13.2 Å². The monoisotopic (exact) mass is 309 g/mol. The average molecular weight is 309 g/mol. The zero-order chi connectivity index (χ0) is 15.8. The van der Waals surface area contributed by atoms with E-state index in [1.807, 2.05) is 0 Å². The number of ether oxygens (including phenoxy) is 1. The van der Waals surface area contributed by atoms with E-state index in [-0.39, 0.29) is 13.2 Å². The summed E-state index contributed by atoms with van der Waals surface area (Å²) in [6.45, 7) is -0.0999. The lowest BCUT2D eigenvalue weighted by Gasteiger charge is -2.37. The van der Waals surface area contributed by atoms with Gasteiger partial charge < -0.3 is 19.8 Å².